The van der Waals surface area contributed by atoms with Gasteiger partial charge in [0.1, 0.15) is 0 Å². The van der Waals surface area contributed by atoms with Crippen LogP contribution in [0.4, 0.5) is 0 Å². The number of aryl methyl sites for hydroxylation is 1. The minimum atomic E-state index is -0.212. The molecule has 1 aromatic carbocycles. The van der Waals surface area contributed by atoms with Gasteiger partial charge in [-0.3, -0.25) is 9.69 Å². The van der Waals surface area contributed by atoms with Crippen molar-refractivity contribution < 1.29 is 14.3 Å². The zero-order valence-electron chi connectivity index (χ0n) is 15.3. The monoisotopic (exact) mass is 376 g/mol. The molecule has 2 heterocycles. The summed E-state index contributed by atoms with van der Waals surface area (Å²) in [7, 11) is 1.41. The van der Waals surface area contributed by atoms with Gasteiger partial charge in [0.2, 0.25) is 0 Å². The smallest absolute Gasteiger partial charge is 0.306 e. The molecule has 0 radical (unpaired) electrons. The molecule has 0 N–H and O–H groups in total. The van der Waals surface area contributed by atoms with Gasteiger partial charge in [-0.25, -0.2) is 4.98 Å². The largest absolute Gasteiger partial charge is 0.469 e. The minimum absolute atomic E-state index is 0.202. The molecule has 0 bridgehead atoms. The topological polar surface area (TPSA) is 51.7 Å². The summed E-state index contributed by atoms with van der Waals surface area (Å²) in [6.45, 7) is 4.77. The van der Waals surface area contributed by atoms with E-state index >= 15 is 0 Å². The molecular formula is C20H25ClN2O3. The van der Waals surface area contributed by atoms with E-state index in [2.05, 4.69) is 4.90 Å². The van der Waals surface area contributed by atoms with E-state index in [1.807, 2.05) is 31.2 Å². The number of nitrogens with zero attached hydrogens (tertiary/aromatic N) is 2. The normalized spacial score (nSPS) is 17.2. The van der Waals surface area contributed by atoms with Crippen molar-refractivity contribution in [2.24, 2.45) is 0 Å². The lowest BCUT2D eigenvalue weighted by atomic mass is 10.1. The highest BCUT2D eigenvalue weighted by molar-refractivity contribution is 6.32. The Labute approximate surface area is 159 Å². The fourth-order valence-corrected chi connectivity index (χ4v) is 3.60. The molecule has 6 heteroatoms. The van der Waals surface area contributed by atoms with Crippen LogP contribution in [0.15, 0.2) is 24.3 Å². The minimum Gasteiger partial charge on any atom is -0.469 e. The summed E-state index contributed by atoms with van der Waals surface area (Å²) in [6.07, 6.45) is 2.68. The number of esters is 1. The first-order valence-electron chi connectivity index (χ1n) is 9.03. The van der Waals surface area contributed by atoms with Crippen LogP contribution in [0.1, 0.15) is 30.5 Å². The molecule has 0 aliphatic carbocycles. The number of pyridine rings is 1. The van der Waals surface area contributed by atoms with Crippen molar-refractivity contribution in [3.63, 3.8) is 0 Å². The van der Waals surface area contributed by atoms with Crippen molar-refractivity contribution in [1.82, 2.24) is 9.88 Å². The summed E-state index contributed by atoms with van der Waals surface area (Å²) in [4.78, 5) is 18.5. The molecule has 5 nitrogen and oxygen atoms in total. The second-order valence-corrected chi connectivity index (χ2v) is 7.09. The molecule has 1 aliphatic rings. The number of carbonyl (C=O) groups excluding carboxylic acids is 1. The molecule has 0 spiro atoms. The quantitative estimate of drug-likeness (QED) is 0.689. The van der Waals surface area contributed by atoms with Crippen LogP contribution in [0.5, 0.6) is 0 Å². The van der Waals surface area contributed by atoms with Gasteiger partial charge in [-0.15, -0.1) is 0 Å². The Morgan fingerprint density at radius 2 is 2.23 bits per heavy atom. The molecule has 1 saturated heterocycles. The van der Waals surface area contributed by atoms with Crippen molar-refractivity contribution in [1.29, 1.82) is 0 Å². The summed E-state index contributed by atoms with van der Waals surface area (Å²) < 4.78 is 10.6. The maximum absolute atomic E-state index is 11.6. The Bertz CT molecular complexity index is 775. The number of para-hydroxylation sites is 1. The molecule has 1 atom stereocenters. The maximum Gasteiger partial charge on any atom is 0.306 e. The van der Waals surface area contributed by atoms with Gasteiger partial charge < -0.3 is 9.47 Å². The van der Waals surface area contributed by atoms with E-state index in [1.54, 1.807) is 0 Å². The number of aromatic nitrogens is 1. The number of methoxy groups -OCH3 is 1. The van der Waals surface area contributed by atoms with Crippen LogP contribution in [0.3, 0.4) is 0 Å². The third kappa shape index (κ3) is 4.53. The van der Waals surface area contributed by atoms with Gasteiger partial charge >= 0.3 is 5.97 Å². The van der Waals surface area contributed by atoms with E-state index in [0.29, 0.717) is 24.5 Å². The number of halogens is 1. The van der Waals surface area contributed by atoms with Crippen LogP contribution < -0.4 is 0 Å². The van der Waals surface area contributed by atoms with Gasteiger partial charge in [0.25, 0.3) is 0 Å². The third-order valence-corrected chi connectivity index (χ3v) is 5.37. The lowest BCUT2D eigenvalue weighted by Crippen LogP contribution is -2.34. The number of fused-ring (bicyclic) bond motifs is 1. The molecule has 0 saturated carbocycles. The summed E-state index contributed by atoms with van der Waals surface area (Å²) in [5.41, 5.74) is 2.82. The summed E-state index contributed by atoms with van der Waals surface area (Å²) >= 11 is 6.61. The Kier molecular flexibility index (Phi) is 6.46. The van der Waals surface area contributed by atoms with E-state index in [4.69, 9.17) is 26.1 Å². The van der Waals surface area contributed by atoms with Gasteiger partial charge in [0.15, 0.2) is 0 Å². The van der Waals surface area contributed by atoms with Crippen LogP contribution >= 0.6 is 11.6 Å². The van der Waals surface area contributed by atoms with E-state index in [0.717, 1.165) is 48.2 Å². The maximum atomic E-state index is 11.6. The van der Waals surface area contributed by atoms with Gasteiger partial charge in [-0.2, -0.15) is 0 Å². The third-order valence-electron chi connectivity index (χ3n) is 4.87. The Morgan fingerprint density at radius 1 is 1.42 bits per heavy atom. The number of carbonyl (C=O) groups is 1. The molecule has 2 aromatic rings. The summed E-state index contributed by atoms with van der Waals surface area (Å²) in [5.74, 6) is -0.212. The van der Waals surface area contributed by atoms with Crippen LogP contribution in [-0.4, -0.2) is 48.8 Å². The second-order valence-electron chi connectivity index (χ2n) is 6.71. The molecule has 3 rings (SSSR count). The summed E-state index contributed by atoms with van der Waals surface area (Å²) in [5, 5.41) is 1.76. The van der Waals surface area contributed by atoms with Crippen molar-refractivity contribution in [2.75, 3.05) is 26.8 Å². The number of ether oxygens (including phenoxy) is 2. The molecule has 26 heavy (non-hydrogen) atoms. The molecule has 1 aliphatic heterocycles. The first kappa shape index (κ1) is 19.1. The highest BCUT2D eigenvalue weighted by Gasteiger charge is 2.22. The predicted octanol–water partition coefficient (Wildman–Crippen LogP) is 3.74. The van der Waals surface area contributed by atoms with E-state index < -0.39 is 0 Å². The van der Waals surface area contributed by atoms with Crippen LogP contribution in [0.25, 0.3) is 10.9 Å². The van der Waals surface area contributed by atoms with Crippen molar-refractivity contribution in [2.45, 2.75) is 38.8 Å². The van der Waals surface area contributed by atoms with E-state index in [-0.39, 0.29) is 12.1 Å². The fourth-order valence-electron chi connectivity index (χ4n) is 3.40. The van der Waals surface area contributed by atoms with Gasteiger partial charge in [-0.05, 0) is 31.4 Å². The second kappa shape index (κ2) is 8.80. The average molecular weight is 377 g/mol. The predicted molar refractivity (Wildman–Crippen MR) is 102 cm³/mol. The number of benzene rings is 1. The highest BCUT2D eigenvalue weighted by atomic mass is 35.5. The van der Waals surface area contributed by atoms with Crippen molar-refractivity contribution >= 4 is 28.5 Å². The van der Waals surface area contributed by atoms with Crippen LogP contribution in [0.2, 0.25) is 5.02 Å². The average Bonchev–Trinajstić information content (AvgIpc) is 3.16. The van der Waals surface area contributed by atoms with Crippen LogP contribution in [-0.2, 0) is 20.8 Å². The number of hydrogen-bond donors (Lipinski definition) is 0. The first-order valence-corrected chi connectivity index (χ1v) is 9.40. The van der Waals surface area contributed by atoms with E-state index in [9.17, 15) is 4.79 Å². The van der Waals surface area contributed by atoms with Crippen LogP contribution in [0, 0.1) is 6.92 Å². The molecule has 1 unspecified atom stereocenters. The van der Waals surface area contributed by atoms with Gasteiger partial charge in [0, 0.05) is 31.6 Å². The fraction of sp³-hybridized carbons (Fsp3) is 0.500. The standard InChI is InChI=1S/C20H25ClN2O3/c1-14-16-7-3-4-8-17(16)22-18(20(14)21)13-23(10-9-19(24)25-2)12-15-6-5-11-26-15/h3-4,7-8,15H,5-6,9-13H2,1-2H3. The van der Waals surface area contributed by atoms with E-state index in [1.165, 1.54) is 7.11 Å². The zero-order chi connectivity index (χ0) is 18.5. The Balaban J connectivity index is 1.81. The molecule has 140 valence electrons. The first-order chi connectivity index (χ1) is 12.6. The molecular weight excluding hydrogens is 352 g/mol. The van der Waals surface area contributed by atoms with Gasteiger partial charge in [0.05, 0.1) is 35.9 Å². The Morgan fingerprint density at radius 3 is 2.96 bits per heavy atom. The van der Waals surface area contributed by atoms with Gasteiger partial charge in [-0.1, -0.05) is 29.8 Å². The zero-order valence-corrected chi connectivity index (χ0v) is 16.1. The molecule has 0 amide bonds. The summed E-state index contributed by atoms with van der Waals surface area (Å²) in [6, 6.07) is 8.01. The number of hydrogen-bond acceptors (Lipinski definition) is 5. The molecule has 1 fully saturated rings. The van der Waals surface area contributed by atoms with Crippen molar-refractivity contribution in [3.05, 3.63) is 40.5 Å². The lowest BCUT2D eigenvalue weighted by molar-refractivity contribution is -0.141. The van der Waals surface area contributed by atoms with Crippen molar-refractivity contribution in [3.8, 4) is 0 Å². The number of rotatable bonds is 7. The molecule has 1 aromatic heterocycles. The SMILES string of the molecule is COC(=O)CCN(Cc1nc2ccccc2c(C)c1Cl)CC1CCCO1. The highest BCUT2D eigenvalue weighted by Crippen LogP contribution is 2.28. The Hall–Kier alpha value is -1.69. The lowest BCUT2D eigenvalue weighted by Gasteiger charge is -2.25.